The van der Waals surface area contributed by atoms with E-state index in [9.17, 15) is 9.18 Å². The number of hydrogen-bond donors (Lipinski definition) is 2. The Morgan fingerprint density at radius 3 is 3.04 bits per heavy atom. The molecule has 6 heteroatoms. The van der Waals surface area contributed by atoms with E-state index < -0.39 is 0 Å². The van der Waals surface area contributed by atoms with Gasteiger partial charge in [-0.15, -0.1) is 0 Å². The lowest BCUT2D eigenvalue weighted by atomic mass is 10.1. The molecular formula is C17H22FN3O2. The van der Waals surface area contributed by atoms with Crippen molar-refractivity contribution in [2.45, 2.75) is 25.3 Å². The van der Waals surface area contributed by atoms with Gasteiger partial charge in [0.25, 0.3) is 0 Å². The van der Waals surface area contributed by atoms with Crippen LogP contribution in [-0.4, -0.2) is 36.7 Å². The fraction of sp³-hybridized carbons (Fsp3) is 0.471. The first kappa shape index (κ1) is 15.8. The van der Waals surface area contributed by atoms with Gasteiger partial charge >= 0.3 is 0 Å². The molecule has 124 valence electrons. The summed E-state index contributed by atoms with van der Waals surface area (Å²) in [6.45, 7) is 1.42. The highest BCUT2D eigenvalue weighted by atomic mass is 19.1. The molecule has 0 bridgehead atoms. The predicted octanol–water partition coefficient (Wildman–Crippen LogP) is 1.74. The molecule has 0 radical (unpaired) electrons. The number of ether oxygens (including phenoxy) is 1. The molecule has 5 nitrogen and oxygen atoms in total. The molecule has 1 aliphatic rings. The Morgan fingerprint density at radius 1 is 1.52 bits per heavy atom. The van der Waals surface area contributed by atoms with Crippen LogP contribution < -0.4 is 15.4 Å². The van der Waals surface area contributed by atoms with Crippen LogP contribution in [0, 0.1) is 5.82 Å². The molecule has 0 spiro atoms. The summed E-state index contributed by atoms with van der Waals surface area (Å²) in [6.07, 6.45) is 4.53. The van der Waals surface area contributed by atoms with E-state index in [-0.39, 0.29) is 23.5 Å². The molecule has 1 amide bonds. The highest BCUT2D eigenvalue weighted by molar-refractivity contribution is 5.90. The molecule has 23 heavy (non-hydrogen) atoms. The standard InChI is InChI=1S/C17H22FN3O2/c1-21-10-11(7-9-20-17(22)13-4-3-8-19-13)15-14(21)6-5-12(18)16(15)23-2/h5-6,10,13,19H,3-4,7-9H2,1-2H3,(H,20,22). The monoisotopic (exact) mass is 319 g/mol. The number of hydrogen-bond acceptors (Lipinski definition) is 3. The van der Waals surface area contributed by atoms with E-state index in [1.54, 1.807) is 6.07 Å². The molecular weight excluding hydrogens is 297 g/mol. The summed E-state index contributed by atoms with van der Waals surface area (Å²) in [7, 11) is 3.40. The Kier molecular flexibility index (Phi) is 4.52. The zero-order chi connectivity index (χ0) is 16.4. The molecule has 2 heterocycles. The molecule has 1 aromatic carbocycles. The molecule has 1 fully saturated rings. The fourth-order valence-electron chi connectivity index (χ4n) is 3.26. The van der Waals surface area contributed by atoms with E-state index in [1.165, 1.54) is 13.2 Å². The molecule has 1 aromatic heterocycles. The average molecular weight is 319 g/mol. The van der Waals surface area contributed by atoms with E-state index in [0.29, 0.717) is 13.0 Å². The largest absolute Gasteiger partial charge is 0.493 e. The molecule has 1 saturated heterocycles. The lowest BCUT2D eigenvalue weighted by Gasteiger charge is -2.11. The molecule has 0 aliphatic carbocycles. The van der Waals surface area contributed by atoms with Crippen LogP contribution in [0.15, 0.2) is 18.3 Å². The smallest absolute Gasteiger partial charge is 0.237 e. The Labute approximate surface area is 134 Å². The summed E-state index contributed by atoms with van der Waals surface area (Å²) in [4.78, 5) is 12.0. The topological polar surface area (TPSA) is 55.3 Å². The minimum Gasteiger partial charge on any atom is -0.493 e. The Bertz CT molecular complexity index is 720. The molecule has 1 atom stereocenters. The van der Waals surface area contributed by atoms with Gasteiger partial charge in [0.1, 0.15) is 0 Å². The van der Waals surface area contributed by atoms with Crippen molar-refractivity contribution in [2.24, 2.45) is 7.05 Å². The second kappa shape index (κ2) is 6.58. The number of benzene rings is 1. The van der Waals surface area contributed by atoms with Crippen LogP contribution >= 0.6 is 0 Å². The van der Waals surface area contributed by atoms with Crippen LogP contribution in [-0.2, 0) is 18.3 Å². The number of aryl methyl sites for hydroxylation is 1. The number of carbonyl (C=O) groups excluding carboxylic acids is 1. The van der Waals surface area contributed by atoms with Gasteiger partial charge < -0.3 is 19.9 Å². The van der Waals surface area contributed by atoms with Crippen LogP contribution in [0.4, 0.5) is 4.39 Å². The number of methoxy groups -OCH3 is 1. The van der Waals surface area contributed by atoms with Gasteiger partial charge in [0.05, 0.1) is 18.7 Å². The van der Waals surface area contributed by atoms with Gasteiger partial charge in [-0.1, -0.05) is 0 Å². The fourth-order valence-corrected chi connectivity index (χ4v) is 3.26. The van der Waals surface area contributed by atoms with Crippen molar-refractivity contribution in [2.75, 3.05) is 20.2 Å². The number of amides is 1. The molecule has 1 unspecified atom stereocenters. The third kappa shape index (κ3) is 3.03. The van der Waals surface area contributed by atoms with Crippen LogP contribution in [0.3, 0.4) is 0 Å². The third-order valence-corrected chi connectivity index (χ3v) is 4.41. The van der Waals surface area contributed by atoms with Gasteiger partial charge in [-0.25, -0.2) is 4.39 Å². The number of nitrogens with one attached hydrogen (secondary N) is 2. The number of rotatable bonds is 5. The molecule has 1 aliphatic heterocycles. The van der Waals surface area contributed by atoms with Gasteiger partial charge in [0.2, 0.25) is 5.91 Å². The van der Waals surface area contributed by atoms with E-state index in [1.807, 2.05) is 17.8 Å². The maximum atomic E-state index is 14.0. The summed E-state index contributed by atoms with van der Waals surface area (Å²) >= 11 is 0. The van der Waals surface area contributed by atoms with Crippen LogP contribution in [0.5, 0.6) is 5.75 Å². The molecule has 2 N–H and O–H groups in total. The highest BCUT2D eigenvalue weighted by Crippen LogP contribution is 2.32. The van der Waals surface area contributed by atoms with Crippen LogP contribution in [0.25, 0.3) is 10.9 Å². The van der Waals surface area contributed by atoms with E-state index >= 15 is 0 Å². The van der Waals surface area contributed by atoms with Crippen molar-refractivity contribution in [3.05, 3.63) is 29.7 Å². The second-order valence-electron chi connectivity index (χ2n) is 5.93. The van der Waals surface area contributed by atoms with Gasteiger partial charge in [-0.05, 0) is 43.5 Å². The number of halogens is 1. The maximum absolute atomic E-state index is 14.0. The number of aromatic nitrogens is 1. The second-order valence-corrected chi connectivity index (χ2v) is 5.93. The first-order valence-electron chi connectivity index (χ1n) is 7.93. The zero-order valence-corrected chi connectivity index (χ0v) is 13.5. The Morgan fingerprint density at radius 2 is 2.35 bits per heavy atom. The lowest BCUT2D eigenvalue weighted by Crippen LogP contribution is -2.41. The summed E-state index contributed by atoms with van der Waals surface area (Å²) in [5.41, 5.74) is 1.89. The summed E-state index contributed by atoms with van der Waals surface area (Å²) in [6, 6.07) is 3.09. The van der Waals surface area contributed by atoms with Gasteiger partial charge in [-0.2, -0.15) is 0 Å². The van der Waals surface area contributed by atoms with E-state index in [2.05, 4.69) is 10.6 Å². The Hall–Kier alpha value is -2.08. The number of fused-ring (bicyclic) bond motifs is 1. The minimum absolute atomic E-state index is 0.0425. The van der Waals surface area contributed by atoms with E-state index in [0.717, 1.165) is 35.9 Å². The maximum Gasteiger partial charge on any atom is 0.237 e. The highest BCUT2D eigenvalue weighted by Gasteiger charge is 2.21. The summed E-state index contributed by atoms with van der Waals surface area (Å²) in [5, 5.41) is 6.91. The van der Waals surface area contributed by atoms with Gasteiger partial charge in [-0.3, -0.25) is 4.79 Å². The van der Waals surface area contributed by atoms with Crippen molar-refractivity contribution >= 4 is 16.8 Å². The number of carbonyl (C=O) groups is 1. The van der Waals surface area contributed by atoms with Gasteiger partial charge in [0.15, 0.2) is 11.6 Å². The van der Waals surface area contributed by atoms with Crippen molar-refractivity contribution < 1.29 is 13.9 Å². The zero-order valence-electron chi connectivity index (χ0n) is 13.5. The Balaban J connectivity index is 1.75. The summed E-state index contributed by atoms with van der Waals surface area (Å²) in [5.74, 6) is -0.0607. The SMILES string of the molecule is COc1c(F)ccc2c1c(CCNC(=O)C1CCCN1)cn2C. The summed E-state index contributed by atoms with van der Waals surface area (Å²) < 4.78 is 21.1. The molecule has 0 saturated carbocycles. The molecule has 3 rings (SSSR count). The van der Waals surface area contributed by atoms with Crippen molar-refractivity contribution in [1.29, 1.82) is 0 Å². The van der Waals surface area contributed by atoms with Crippen molar-refractivity contribution in [1.82, 2.24) is 15.2 Å². The predicted molar refractivity (Wildman–Crippen MR) is 87.2 cm³/mol. The quantitative estimate of drug-likeness (QED) is 0.882. The van der Waals surface area contributed by atoms with Crippen LogP contribution in [0.2, 0.25) is 0 Å². The minimum atomic E-state index is -0.369. The average Bonchev–Trinajstić information content (AvgIpc) is 3.16. The third-order valence-electron chi connectivity index (χ3n) is 4.41. The van der Waals surface area contributed by atoms with Gasteiger partial charge in [0, 0.05) is 25.2 Å². The van der Waals surface area contributed by atoms with Crippen molar-refractivity contribution in [3.63, 3.8) is 0 Å². The van der Waals surface area contributed by atoms with E-state index in [4.69, 9.17) is 4.74 Å². The van der Waals surface area contributed by atoms with Crippen molar-refractivity contribution in [3.8, 4) is 5.75 Å². The van der Waals surface area contributed by atoms with Crippen LogP contribution in [0.1, 0.15) is 18.4 Å². The normalized spacial score (nSPS) is 17.6. The molecule has 2 aromatic rings. The first-order valence-corrected chi connectivity index (χ1v) is 7.93. The lowest BCUT2D eigenvalue weighted by molar-refractivity contribution is -0.122. The first-order chi connectivity index (χ1) is 11.1. The number of nitrogens with zero attached hydrogens (tertiary/aromatic N) is 1.